The molecule has 0 aliphatic heterocycles. The van der Waals surface area contributed by atoms with Gasteiger partial charge >= 0.3 is 0 Å². The molecule has 88 valence electrons. The molecule has 0 aliphatic rings. The van der Waals surface area contributed by atoms with E-state index in [0.717, 1.165) is 6.20 Å². The van der Waals surface area contributed by atoms with Crippen molar-refractivity contribution in [1.29, 1.82) is 10.5 Å². The van der Waals surface area contributed by atoms with Gasteiger partial charge in [0.05, 0.1) is 6.07 Å². The molecule has 1 heterocycles. The highest BCUT2D eigenvalue weighted by Gasteiger charge is 2.18. The summed E-state index contributed by atoms with van der Waals surface area (Å²) < 4.78 is 25.8. The van der Waals surface area contributed by atoms with Crippen LogP contribution in [0.2, 0.25) is 0 Å². The molecule has 0 saturated carbocycles. The molecule has 1 unspecified atom stereocenters. The summed E-state index contributed by atoms with van der Waals surface area (Å²) >= 11 is 0. The summed E-state index contributed by atoms with van der Waals surface area (Å²) in [4.78, 5) is 3.59. The minimum atomic E-state index is -3.75. The highest BCUT2D eigenvalue weighted by molar-refractivity contribution is 7.89. The second kappa shape index (κ2) is 5.39. The number of nitriles is 2. The summed E-state index contributed by atoms with van der Waals surface area (Å²) in [6.07, 6.45) is 1.46. The van der Waals surface area contributed by atoms with E-state index in [2.05, 4.69) is 9.71 Å². The van der Waals surface area contributed by atoms with Crippen LogP contribution in [-0.4, -0.2) is 19.4 Å². The van der Waals surface area contributed by atoms with Gasteiger partial charge in [-0.25, -0.2) is 13.4 Å². The Hall–Kier alpha value is -1.96. The summed E-state index contributed by atoms with van der Waals surface area (Å²) in [7, 11) is -3.75. The average Bonchev–Trinajstić information content (AvgIpc) is 2.36. The van der Waals surface area contributed by atoms with Crippen LogP contribution in [0.15, 0.2) is 23.2 Å². The fraction of sp³-hybridized carbons (Fsp3) is 0.300. The number of aromatic nitrogens is 1. The van der Waals surface area contributed by atoms with E-state index in [1.54, 1.807) is 13.0 Å². The summed E-state index contributed by atoms with van der Waals surface area (Å²) in [5.41, 5.74) is 0.135. The van der Waals surface area contributed by atoms with Gasteiger partial charge in [0.25, 0.3) is 0 Å². The lowest BCUT2D eigenvalue weighted by atomic mass is 10.3. The lowest BCUT2D eigenvalue weighted by molar-refractivity contribution is 0.569. The lowest BCUT2D eigenvalue weighted by Crippen LogP contribution is -2.33. The average molecular weight is 250 g/mol. The third-order valence-corrected chi connectivity index (χ3v) is 3.48. The van der Waals surface area contributed by atoms with Crippen LogP contribution in [0.1, 0.15) is 19.0 Å². The van der Waals surface area contributed by atoms with Crippen LogP contribution in [0.5, 0.6) is 0 Å². The summed E-state index contributed by atoms with van der Waals surface area (Å²) in [6, 6.07) is 5.44. The van der Waals surface area contributed by atoms with E-state index in [1.165, 1.54) is 12.1 Å². The fourth-order valence-corrected chi connectivity index (χ4v) is 2.23. The Bertz CT molecular complexity index is 566. The maximum atomic E-state index is 11.8. The van der Waals surface area contributed by atoms with Crippen molar-refractivity contribution >= 4 is 10.0 Å². The van der Waals surface area contributed by atoms with Gasteiger partial charge in [-0.05, 0) is 18.6 Å². The van der Waals surface area contributed by atoms with Crippen molar-refractivity contribution in [2.75, 3.05) is 0 Å². The van der Waals surface area contributed by atoms with Gasteiger partial charge in [-0.15, -0.1) is 0 Å². The molecule has 7 heteroatoms. The van der Waals surface area contributed by atoms with Crippen molar-refractivity contribution in [3.8, 4) is 12.1 Å². The number of sulfonamides is 1. The molecule has 6 nitrogen and oxygen atoms in total. The predicted octanol–water partition coefficient (Wildman–Crippen LogP) is 0.534. The third kappa shape index (κ3) is 3.25. The zero-order valence-corrected chi connectivity index (χ0v) is 9.90. The molecule has 17 heavy (non-hydrogen) atoms. The van der Waals surface area contributed by atoms with Crippen molar-refractivity contribution in [3.05, 3.63) is 24.0 Å². The second-order valence-electron chi connectivity index (χ2n) is 3.20. The van der Waals surface area contributed by atoms with Gasteiger partial charge in [0, 0.05) is 6.20 Å². The molecule has 0 saturated heterocycles. The quantitative estimate of drug-likeness (QED) is 0.838. The molecule has 0 aliphatic carbocycles. The van der Waals surface area contributed by atoms with Crippen LogP contribution in [0.4, 0.5) is 0 Å². The minimum absolute atomic E-state index is 0.0646. The molecule has 0 bridgehead atoms. The highest BCUT2D eigenvalue weighted by Crippen LogP contribution is 2.08. The Morgan fingerprint density at radius 3 is 2.59 bits per heavy atom. The summed E-state index contributed by atoms with van der Waals surface area (Å²) in [5.74, 6) is 0. The SMILES string of the molecule is CCC(C#N)NS(=O)(=O)c1ccc(C#N)nc1. The number of hydrogen-bond donors (Lipinski definition) is 1. The first-order valence-electron chi connectivity index (χ1n) is 4.81. The first kappa shape index (κ1) is 13.1. The molecule has 0 spiro atoms. The fourth-order valence-electron chi connectivity index (χ4n) is 1.06. The molecule has 1 aromatic heterocycles. The van der Waals surface area contributed by atoms with Crippen molar-refractivity contribution in [2.24, 2.45) is 0 Å². The molecule has 1 N–H and O–H groups in total. The predicted molar refractivity (Wildman–Crippen MR) is 59.0 cm³/mol. The van der Waals surface area contributed by atoms with E-state index in [-0.39, 0.29) is 10.6 Å². The summed E-state index contributed by atoms with van der Waals surface area (Å²) in [5, 5.41) is 17.2. The highest BCUT2D eigenvalue weighted by atomic mass is 32.2. The maximum absolute atomic E-state index is 11.8. The van der Waals surface area contributed by atoms with Crippen LogP contribution < -0.4 is 4.72 Å². The molecule has 1 aromatic rings. The van der Waals surface area contributed by atoms with Gasteiger partial charge in [-0.1, -0.05) is 6.92 Å². The Morgan fingerprint density at radius 1 is 1.47 bits per heavy atom. The van der Waals surface area contributed by atoms with E-state index in [9.17, 15) is 8.42 Å². The van der Waals surface area contributed by atoms with E-state index >= 15 is 0 Å². The van der Waals surface area contributed by atoms with Gasteiger partial charge in [-0.2, -0.15) is 15.2 Å². The van der Waals surface area contributed by atoms with Crippen LogP contribution in [0.25, 0.3) is 0 Å². The maximum Gasteiger partial charge on any atom is 0.243 e. The molecule has 1 rings (SSSR count). The zero-order valence-electron chi connectivity index (χ0n) is 9.08. The van der Waals surface area contributed by atoms with Crippen molar-refractivity contribution < 1.29 is 8.42 Å². The van der Waals surface area contributed by atoms with E-state index in [1.807, 2.05) is 6.07 Å². The number of pyridine rings is 1. The topological polar surface area (TPSA) is 107 Å². The van der Waals surface area contributed by atoms with Crippen LogP contribution in [0.3, 0.4) is 0 Å². The van der Waals surface area contributed by atoms with Gasteiger partial charge in [0.15, 0.2) is 0 Å². The van der Waals surface area contributed by atoms with Gasteiger partial charge in [0.1, 0.15) is 22.7 Å². The van der Waals surface area contributed by atoms with E-state index in [4.69, 9.17) is 10.5 Å². The number of nitrogens with one attached hydrogen (secondary N) is 1. The number of rotatable bonds is 4. The number of nitrogens with zero attached hydrogens (tertiary/aromatic N) is 3. The minimum Gasteiger partial charge on any atom is -0.244 e. The third-order valence-electron chi connectivity index (χ3n) is 2.02. The molecule has 1 atom stereocenters. The van der Waals surface area contributed by atoms with Crippen LogP contribution in [-0.2, 0) is 10.0 Å². The molecule has 0 aromatic carbocycles. The van der Waals surface area contributed by atoms with Crippen molar-refractivity contribution in [3.63, 3.8) is 0 Å². The Labute approximate surface area is 99.6 Å². The zero-order chi connectivity index (χ0) is 12.9. The van der Waals surface area contributed by atoms with Crippen molar-refractivity contribution in [1.82, 2.24) is 9.71 Å². The first-order valence-corrected chi connectivity index (χ1v) is 6.30. The van der Waals surface area contributed by atoms with Crippen molar-refractivity contribution in [2.45, 2.75) is 24.3 Å². The Kier molecular flexibility index (Phi) is 4.16. The molecule has 0 radical (unpaired) electrons. The van der Waals surface area contributed by atoms with E-state index in [0.29, 0.717) is 6.42 Å². The molecular formula is C10H10N4O2S. The molecule has 0 amide bonds. The van der Waals surface area contributed by atoms with Crippen LogP contribution in [0, 0.1) is 22.7 Å². The number of hydrogen-bond acceptors (Lipinski definition) is 5. The molecular weight excluding hydrogens is 240 g/mol. The standard InChI is InChI=1S/C10H10N4O2S/c1-2-8(5-11)14-17(15,16)10-4-3-9(6-12)13-7-10/h3-4,7-8,14H,2H2,1H3. The van der Waals surface area contributed by atoms with Crippen LogP contribution >= 0.6 is 0 Å². The lowest BCUT2D eigenvalue weighted by Gasteiger charge is -2.09. The smallest absolute Gasteiger partial charge is 0.243 e. The monoisotopic (exact) mass is 250 g/mol. The van der Waals surface area contributed by atoms with Gasteiger partial charge in [0.2, 0.25) is 10.0 Å². The van der Waals surface area contributed by atoms with Gasteiger partial charge in [-0.3, -0.25) is 0 Å². The normalized spacial score (nSPS) is 12.4. The first-order chi connectivity index (χ1) is 8.03. The molecule has 0 fully saturated rings. The van der Waals surface area contributed by atoms with E-state index < -0.39 is 16.1 Å². The largest absolute Gasteiger partial charge is 0.244 e. The Morgan fingerprint density at radius 2 is 2.18 bits per heavy atom. The van der Waals surface area contributed by atoms with Gasteiger partial charge < -0.3 is 0 Å². The Balaban J connectivity index is 2.98. The summed E-state index contributed by atoms with van der Waals surface area (Å²) in [6.45, 7) is 1.70. The second-order valence-corrected chi connectivity index (χ2v) is 4.92.